The van der Waals surface area contributed by atoms with E-state index >= 15 is 0 Å². The van der Waals surface area contributed by atoms with Crippen LogP contribution in [0, 0.1) is 5.92 Å². The van der Waals surface area contributed by atoms with E-state index in [0.29, 0.717) is 12.5 Å². The molecule has 2 aliphatic rings. The van der Waals surface area contributed by atoms with Crippen molar-refractivity contribution in [2.24, 2.45) is 5.92 Å². The summed E-state index contributed by atoms with van der Waals surface area (Å²) in [5.41, 5.74) is 0. The van der Waals surface area contributed by atoms with Gasteiger partial charge in [0.15, 0.2) is 0 Å². The van der Waals surface area contributed by atoms with Gasteiger partial charge < -0.3 is 10.1 Å². The van der Waals surface area contributed by atoms with Crippen LogP contribution < -0.4 is 10.0 Å². The fraction of sp³-hybridized carbons (Fsp3) is 1.00. The Balaban J connectivity index is 1.59. The second-order valence-electron chi connectivity index (χ2n) is 5.68. The average molecular weight is 305 g/mol. The van der Waals surface area contributed by atoms with Gasteiger partial charge in [0.05, 0.1) is 19.0 Å². The lowest BCUT2D eigenvalue weighted by Gasteiger charge is -2.26. The molecule has 6 nitrogen and oxygen atoms in total. The van der Waals surface area contributed by atoms with E-state index in [4.69, 9.17) is 4.74 Å². The molecular weight excluding hydrogens is 278 g/mol. The monoisotopic (exact) mass is 305 g/mol. The van der Waals surface area contributed by atoms with Crippen LogP contribution in [0.15, 0.2) is 0 Å². The van der Waals surface area contributed by atoms with Crippen LogP contribution in [-0.4, -0.2) is 71.6 Å². The molecule has 118 valence electrons. The van der Waals surface area contributed by atoms with Gasteiger partial charge in [0.1, 0.15) is 0 Å². The fourth-order valence-corrected chi connectivity index (χ4v) is 4.30. The highest BCUT2D eigenvalue weighted by molar-refractivity contribution is 7.89. The van der Waals surface area contributed by atoms with Crippen LogP contribution in [0.5, 0.6) is 0 Å². The minimum atomic E-state index is -3.11. The molecule has 2 N–H and O–H groups in total. The summed E-state index contributed by atoms with van der Waals surface area (Å²) in [6, 6.07) is 0. The molecule has 0 bridgehead atoms. The Labute approximate surface area is 122 Å². The van der Waals surface area contributed by atoms with E-state index in [1.165, 1.54) is 0 Å². The molecule has 2 aliphatic heterocycles. The van der Waals surface area contributed by atoms with Crippen molar-refractivity contribution < 1.29 is 13.2 Å². The molecule has 7 heteroatoms. The summed E-state index contributed by atoms with van der Waals surface area (Å²) in [6.07, 6.45) is 2.80. The Morgan fingerprint density at radius 3 is 2.60 bits per heavy atom. The minimum Gasteiger partial charge on any atom is -0.379 e. The Morgan fingerprint density at radius 1 is 1.20 bits per heavy atom. The molecule has 0 aliphatic carbocycles. The van der Waals surface area contributed by atoms with Crippen molar-refractivity contribution in [2.75, 3.05) is 58.2 Å². The summed E-state index contributed by atoms with van der Waals surface area (Å²) in [6.45, 7) is 6.88. The highest BCUT2D eigenvalue weighted by Gasteiger charge is 2.20. The molecule has 2 saturated heterocycles. The van der Waals surface area contributed by atoms with Gasteiger partial charge in [-0.25, -0.2) is 13.1 Å². The van der Waals surface area contributed by atoms with Crippen LogP contribution in [0.4, 0.5) is 0 Å². The van der Waals surface area contributed by atoms with E-state index in [1.54, 1.807) is 0 Å². The van der Waals surface area contributed by atoms with Gasteiger partial charge >= 0.3 is 0 Å². The molecule has 0 unspecified atom stereocenters. The molecule has 2 rings (SSSR count). The number of ether oxygens (including phenoxy) is 1. The third kappa shape index (κ3) is 6.05. The number of hydrogen-bond donors (Lipinski definition) is 2. The molecule has 0 spiro atoms. The average Bonchev–Trinajstić information content (AvgIpc) is 2.45. The minimum absolute atomic E-state index is 0.284. The first kappa shape index (κ1) is 16.2. The molecule has 0 aromatic heterocycles. The number of rotatable bonds is 7. The van der Waals surface area contributed by atoms with Gasteiger partial charge in [0, 0.05) is 19.6 Å². The highest BCUT2D eigenvalue weighted by Crippen LogP contribution is 2.13. The lowest BCUT2D eigenvalue weighted by Crippen LogP contribution is -2.39. The van der Waals surface area contributed by atoms with Gasteiger partial charge in [0.25, 0.3) is 0 Å². The zero-order valence-corrected chi connectivity index (χ0v) is 13.0. The summed E-state index contributed by atoms with van der Waals surface area (Å²) in [7, 11) is -3.11. The largest absolute Gasteiger partial charge is 0.379 e. The van der Waals surface area contributed by atoms with Crippen molar-refractivity contribution in [1.82, 2.24) is 14.9 Å². The smallest absolute Gasteiger partial charge is 0.211 e. The first-order valence-electron chi connectivity index (χ1n) is 7.64. The molecule has 0 atom stereocenters. The van der Waals surface area contributed by atoms with Gasteiger partial charge in [-0.2, -0.15) is 0 Å². The number of nitrogens with zero attached hydrogens (tertiary/aromatic N) is 1. The van der Waals surface area contributed by atoms with Crippen LogP contribution in [0.3, 0.4) is 0 Å². The predicted octanol–water partition coefficient (Wildman–Crippen LogP) is -0.372. The molecule has 2 heterocycles. The summed E-state index contributed by atoms with van der Waals surface area (Å²) < 4.78 is 32.0. The zero-order valence-electron chi connectivity index (χ0n) is 12.1. The quantitative estimate of drug-likeness (QED) is 0.628. The van der Waals surface area contributed by atoms with E-state index in [0.717, 1.165) is 65.2 Å². The Morgan fingerprint density at radius 2 is 1.90 bits per heavy atom. The Bertz CT molecular complexity index is 363. The van der Waals surface area contributed by atoms with E-state index < -0.39 is 10.0 Å². The van der Waals surface area contributed by atoms with E-state index in [1.807, 2.05) is 0 Å². The molecule has 0 radical (unpaired) electrons. The van der Waals surface area contributed by atoms with Crippen LogP contribution in [0.25, 0.3) is 0 Å². The fourth-order valence-electron chi connectivity index (χ4n) is 2.77. The molecule has 2 fully saturated rings. The van der Waals surface area contributed by atoms with Crippen LogP contribution in [-0.2, 0) is 14.8 Å². The van der Waals surface area contributed by atoms with Gasteiger partial charge in [-0.15, -0.1) is 0 Å². The molecular formula is C13H27N3O3S. The maximum atomic E-state index is 12.0. The summed E-state index contributed by atoms with van der Waals surface area (Å²) in [5.74, 6) is 0.597. The summed E-state index contributed by atoms with van der Waals surface area (Å²) >= 11 is 0. The maximum absolute atomic E-state index is 12.0. The number of nitrogens with one attached hydrogen (secondary N) is 2. The maximum Gasteiger partial charge on any atom is 0.211 e. The predicted molar refractivity (Wildman–Crippen MR) is 79.3 cm³/mol. The number of piperidine rings is 1. The SMILES string of the molecule is O=S(=O)(CC1CCNCC1)NCCCN1CCOCC1. The van der Waals surface area contributed by atoms with Crippen molar-refractivity contribution in [3.63, 3.8) is 0 Å². The lowest BCUT2D eigenvalue weighted by molar-refractivity contribution is 0.0376. The van der Waals surface area contributed by atoms with Gasteiger partial charge in [-0.1, -0.05) is 0 Å². The Hall–Kier alpha value is -0.210. The second kappa shape index (κ2) is 8.29. The van der Waals surface area contributed by atoms with E-state index in [9.17, 15) is 8.42 Å². The highest BCUT2D eigenvalue weighted by atomic mass is 32.2. The van der Waals surface area contributed by atoms with Crippen molar-refractivity contribution in [3.05, 3.63) is 0 Å². The normalized spacial score (nSPS) is 23.0. The second-order valence-corrected chi connectivity index (χ2v) is 7.53. The standard InChI is InChI=1S/C13H27N3O3S/c17-20(18,12-13-2-5-14-6-3-13)15-4-1-7-16-8-10-19-11-9-16/h13-15H,1-12H2. The zero-order chi connectivity index (χ0) is 14.3. The topological polar surface area (TPSA) is 70.7 Å². The summed E-state index contributed by atoms with van der Waals surface area (Å²) in [4.78, 5) is 2.32. The number of morpholine rings is 1. The molecule has 0 saturated carbocycles. The van der Waals surface area contributed by atoms with Crippen LogP contribution >= 0.6 is 0 Å². The lowest BCUT2D eigenvalue weighted by atomic mass is 10.0. The van der Waals surface area contributed by atoms with Crippen LogP contribution in [0.1, 0.15) is 19.3 Å². The Kier molecular flexibility index (Phi) is 6.70. The third-order valence-corrected chi connectivity index (χ3v) is 5.54. The number of sulfonamides is 1. The van der Waals surface area contributed by atoms with Crippen molar-refractivity contribution >= 4 is 10.0 Å². The first-order chi connectivity index (χ1) is 9.66. The molecule has 0 aromatic carbocycles. The van der Waals surface area contributed by atoms with Crippen molar-refractivity contribution in [3.8, 4) is 0 Å². The molecule has 0 amide bonds. The summed E-state index contributed by atoms with van der Waals surface area (Å²) in [5, 5.41) is 3.26. The van der Waals surface area contributed by atoms with Crippen molar-refractivity contribution in [2.45, 2.75) is 19.3 Å². The van der Waals surface area contributed by atoms with E-state index in [2.05, 4.69) is 14.9 Å². The van der Waals surface area contributed by atoms with Gasteiger partial charge in [-0.05, 0) is 44.8 Å². The molecule has 0 aromatic rings. The molecule has 20 heavy (non-hydrogen) atoms. The van der Waals surface area contributed by atoms with Gasteiger partial charge in [0.2, 0.25) is 10.0 Å². The third-order valence-electron chi connectivity index (χ3n) is 3.99. The number of hydrogen-bond acceptors (Lipinski definition) is 5. The van der Waals surface area contributed by atoms with Crippen molar-refractivity contribution in [1.29, 1.82) is 0 Å². The van der Waals surface area contributed by atoms with E-state index in [-0.39, 0.29) is 5.75 Å². The first-order valence-corrected chi connectivity index (χ1v) is 9.29. The van der Waals surface area contributed by atoms with Crippen LogP contribution in [0.2, 0.25) is 0 Å². The van der Waals surface area contributed by atoms with Gasteiger partial charge in [-0.3, -0.25) is 4.90 Å².